The van der Waals surface area contributed by atoms with E-state index in [1.807, 2.05) is 31.3 Å². The van der Waals surface area contributed by atoms with E-state index in [-0.39, 0.29) is 12.1 Å². The van der Waals surface area contributed by atoms with Gasteiger partial charge in [0, 0.05) is 28.3 Å². The van der Waals surface area contributed by atoms with Crippen molar-refractivity contribution in [3.8, 4) is 0 Å². The van der Waals surface area contributed by atoms with Crippen molar-refractivity contribution in [2.75, 3.05) is 5.32 Å². The first-order valence-corrected chi connectivity index (χ1v) is 7.75. The Kier molecular flexibility index (Phi) is 3.96. The highest BCUT2D eigenvalue weighted by Gasteiger charge is 2.21. The lowest BCUT2D eigenvalue weighted by Gasteiger charge is -2.23. The van der Waals surface area contributed by atoms with Crippen molar-refractivity contribution in [1.82, 2.24) is 15.5 Å². The van der Waals surface area contributed by atoms with Crippen molar-refractivity contribution < 1.29 is 4.79 Å². The van der Waals surface area contributed by atoms with E-state index in [1.54, 1.807) is 0 Å². The second-order valence-electron chi connectivity index (χ2n) is 5.43. The Balaban J connectivity index is 1.60. The van der Waals surface area contributed by atoms with Gasteiger partial charge in [0.05, 0.1) is 6.20 Å². The highest BCUT2D eigenvalue weighted by molar-refractivity contribution is 9.10. The number of anilines is 1. The number of H-pyrrole nitrogens is 1. The SMILES string of the molecule is Cc1cc(Br)cc(NC(=O)N[C@@H]2CCc3cn[nH]c3C2)c1. The van der Waals surface area contributed by atoms with Crippen LogP contribution in [0.25, 0.3) is 0 Å². The average molecular weight is 349 g/mol. The van der Waals surface area contributed by atoms with E-state index < -0.39 is 0 Å². The Labute approximate surface area is 131 Å². The fourth-order valence-electron chi connectivity index (χ4n) is 2.69. The van der Waals surface area contributed by atoms with Crippen molar-refractivity contribution >= 4 is 27.6 Å². The summed E-state index contributed by atoms with van der Waals surface area (Å²) in [5.74, 6) is 0. The Bertz CT molecular complexity index is 647. The maximum absolute atomic E-state index is 12.1. The summed E-state index contributed by atoms with van der Waals surface area (Å²) in [6.45, 7) is 1.99. The third-order valence-corrected chi connectivity index (χ3v) is 4.11. The normalized spacial score (nSPS) is 17.1. The zero-order valence-corrected chi connectivity index (χ0v) is 13.3. The Morgan fingerprint density at radius 3 is 3.10 bits per heavy atom. The number of nitrogens with one attached hydrogen (secondary N) is 3. The van der Waals surface area contributed by atoms with Gasteiger partial charge in [0.25, 0.3) is 0 Å². The number of aryl methyl sites for hydroxylation is 2. The van der Waals surface area contributed by atoms with Crippen LogP contribution in [0.3, 0.4) is 0 Å². The van der Waals surface area contributed by atoms with Gasteiger partial charge in [0.15, 0.2) is 0 Å². The fraction of sp³-hybridized carbons (Fsp3) is 0.333. The van der Waals surface area contributed by atoms with E-state index >= 15 is 0 Å². The molecule has 0 fully saturated rings. The number of urea groups is 1. The first kappa shape index (κ1) is 14.1. The van der Waals surface area contributed by atoms with Crippen LogP contribution in [0.5, 0.6) is 0 Å². The van der Waals surface area contributed by atoms with Crippen LogP contribution in [0.15, 0.2) is 28.9 Å². The standard InChI is InChI=1S/C15H17BrN4O/c1-9-4-11(16)6-13(5-9)19-15(21)18-12-3-2-10-8-17-20-14(10)7-12/h4-6,8,12H,2-3,7H2,1H3,(H,17,20)(H2,18,19,21)/t12-/m1/s1. The number of halogens is 1. The molecule has 21 heavy (non-hydrogen) atoms. The summed E-state index contributed by atoms with van der Waals surface area (Å²) in [6, 6.07) is 5.81. The number of aromatic amines is 1. The molecule has 1 aromatic carbocycles. The third-order valence-electron chi connectivity index (χ3n) is 3.66. The zero-order chi connectivity index (χ0) is 14.8. The van der Waals surface area contributed by atoms with Crippen LogP contribution in [0.2, 0.25) is 0 Å². The Morgan fingerprint density at radius 2 is 2.29 bits per heavy atom. The maximum Gasteiger partial charge on any atom is 0.319 e. The van der Waals surface area contributed by atoms with E-state index in [0.29, 0.717) is 0 Å². The molecule has 1 aliphatic carbocycles. The minimum Gasteiger partial charge on any atom is -0.335 e. The molecule has 0 unspecified atom stereocenters. The van der Waals surface area contributed by atoms with Crippen LogP contribution in [0.4, 0.5) is 10.5 Å². The lowest BCUT2D eigenvalue weighted by Crippen LogP contribution is -2.41. The number of fused-ring (bicyclic) bond motifs is 1. The Hall–Kier alpha value is -1.82. The van der Waals surface area contributed by atoms with Crippen molar-refractivity contribution in [2.45, 2.75) is 32.2 Å². The topological polar surface area (TPSA) is 69.8 Å². The fourth-order valence-corrected chi connectivity index (χ4v) is 3.30. The van der Waals surface area contributed by atoms with Gasteiger partial charge in [-0.1, -0.05) is 15.9 Å². The highest BCUT2D eigenvalue weighted by atomic mass is 79.9. The monoisotopic (exact) mass is 348 g/mol. The molecule has 2 aromatic rings. The zero-order valence-electron chi connectivity index (χ0n) is 11.7. The molecule has 3 rings (SSSR count). The smallest absolute Gasteiger partial charge is 0.319 e. The molecule has 0 spiro atoms. The predicted molar refractivity (Wildman–Crippen MR) is 85.4 cm³/mol. The van der Waals surface area contributed by atoms with E-state index in [2.05, 4.69) is 36.8 Å². The van der Waals surface area contributed by atoms with Crippen molar-refractivity contribution in [1.29, 1.82) is 0 Å². The molecule has 2 amide bonds. The number of hydrogen-bond donors (Lipinski definition) is 3. The van der Waals surface area contributed by atoms with Gasteiger partial charge in [-0.2, -0.15) is 5.10 Å². The summed E-state index contributed by atoms with van der Waals surface area (Å²) in [4.78, 5) is 12.1. The lowest BCUT2D eigenvalue weighted by molar-refractivity contribution is 0.247. The van der Waals surface area contributed by atoms with Crippen LogP contribution in [-0.2, 0) is 12.8 Å². The van der Waals surface area contributed by atoms with Crippen molar-refractivity contribution in [3.05, 3.63) is 45.7 Å². The second-order valence-corrected chi connectivity index (χ2v) is 6.34. The largest absolute Gasteiger partial charge is 0.335 e. The summed E-state index contributed by atoms with van der Waals surface area (Å²) in [5, 5.41) is 13.0. The highest BCUT2D eigenvalue weighted by Crippen LogP contribution is 2.20. The van der Waals surface area contributed by atoms with Gasteiger partial charge >= 0.3 is 6.03 Å². The summed E-state index contributed by atoms with van der Waals surface area (Å²) in [7, 11) is 0. The van der Waals surface area contributed by atoms with Crippen LogP contribution in [-0.4, -0.2) is 22.3 Å². The molecular formula is C15H17BrN4O. The van der Waals surface area contributed by atoms with Crippen LogP contribution in [0, 0.1) is 6.92 Å². The molecule has 1 aliphatic rings. The molecule has 6 heteroatoms. The summed E-state index contributed by atoms with van der Waals surface area (Å²) in [5.41, 5.74) is 4.28. The number of rotatable bonds is 2. The van der Waals surface area contributed by atoms with Gasteiger partial charge in [-0.3, -0.25) is 5.10 Å². The van der Waals surface area contributed by atoms with Gasteiger partial charge in [-0.15, -0.1) is 0 Å². The molecule has 0 saturated heterocycles. The lowest BCUT2D eigenvalue weighted by atomic mass is 9.94. The first-order valence-electron chi connectivity index (χ1n) is 6.96. The molecule has 3 N–H and O–H groups in total. The number of aromatic nitrogens is 2. The van der Waals surface area contributed by atoms with E-state index in [9.17, 15) is 4.79 Å². The molecule has 110 valence electrons. The van der Waals surface area contributed by atoms with Crippen molar-refractivity contribution in [2.24, 2.45) is 0 Å². The number of carbonyl (C=O) groups excluding carboxylic acids is 1. The number of carbonyl (C=O) groups is 1. The molecule has 0 aliphatic heterocycles. The summed E-state index contributed by atoms with van der Waals surface area (Å²) < 4.78 is 0.956. The number of amides is 2. The van der Waals surface area contributed by atoms with Gasteiger partial charge < -0.3 is 10.6 Å². The van der Waals surface area contributed by atoms with Crippen LogP contribution < -0.4 is 10.6 Å². The minimum absolute atomic E-state index is 0.145. The van der Waals surface area contributed by atoms with Gasteiger partial charge in [0.1, 0.15) is 0 Å². The number of hydrogen-bond acceptors (Lipinski definition) is 2. The molecule has 0 radical (unpaired) electrons. The van der Waals surface area contributed by atoms with E-state index in [4.69, 9.17) is 0 Å². The Morgan fingerprint density at radius 1 is 1.43 bits per heavy atom. The molecule has 0 saturated carbocycles. The van der Waals surface area contributed by atoms with Crippen LogP contribution in [0.1, 0.15) is 23.2 Å². The third kappa shape index (κ3) is 3.44. The van der Waals surface area contributed by atoms with Gasteiger partial charge in [0.2, 0.25) is 0 Å². The van der Waals surface area contributed by atoms with Crippen LogP contribution >= 0.6 is 15.9 Å². The molecule has 1 atom stereocenters. The summed E-state index contributed by atoms with van der Waals surface area (Å²) >= 11 is 3.43. The van der Waals surface area contributed by atoms with Gasteiger partial charge in [-0.05, 0) is 49.1 Å². The molecule has 5 nitrogen and oxygen atoms in total. The van der Waals surface area contributed by atoms with Gasteiger partial charge in [-0.25, -0.2) is 4.79 Å². The molecule has 0 bridgehead atoms. The number of benzene rings is 1. The summed E-state index contributed by atoms with van der Waals surface area (Å²) in [6.07, 6.45) is 4.57. The second kappa shape index (κ2) is 5.89. The first-order chi connectivity index (χ1) is 10.1. The van der Waals surface area contributed by atoms with E-state index in [1.165, 1.54) is 5.56 Å². The minimum atomic E-state index is -0.166. The number of nitrogens with zero attached hydrogens (tertiary/aromatic N) is 1. The molecular weight excluding hydrogens is 332 g/mol. The van der Waals surface area contributed by atoms with E-state index in [0.717, 1.165) is 40.7 Å². The predicted octanol–water partition coefficient (Wildman–Crippen LogP) is 3.16. The maximum atomic E-state index is 12.1. The van der Waals surface area contributed by atoms with Crippen molar-refractivity contribution in [3.63, 3.8) is 0 Å². The quantitative estimate of drug-likeness (QED) is 0.780. The average Bonchev–Trinajstić information content (AvgIpc) is 2.84. The molecule has 1 aromatic heterocycles. The molecule has 1 heterocycles.